The van der Waals surface area contributed by atoms with E-state index in [0.717, 1.165) is 23.9 Å². The molecule has 4 heteroatoms. The van der Waals surface area contributed by atoms with Crippen LogP contribution in [0.25, 0.3) is 11.0 Å². The van der Waals surface area contributed by atoms with Crippen LogP contribution in [0.5, 0.6) is 0 Å². The highest BCUT2D eigenvalue weighted by atomic mass is 16.4. The Morgan fingerprint density at radius 1 is 1.50 bits per heavy atom. The Hall–Kier alpha value is -1.84. The van der Waals surface area contributed by atoms with E-state index in [1.165, 1.54) is 6.42 Å². The van der Waals surface area contributed by atoms with Gasteiger partial charge < -0.3 is 9.67 Å². The van der Waals surface area contributed by atoms with Crippen molar-refractivity contribution < 1.29 is 9.90 Å². The van der Waals surface area contributed by atoms with E-state index >= 15 is 0 Å². The van der Waals surface area contributed by atoms with Crippen LogP contribution in [0.4, 0.5) is 0 Å². The second-order valence-corrected chi connectivity index (χ2v) is 4.21. The van der Waals surface area contributed by atoms with Crippen molar-refractivity contribution in [3.05, 3.63) is 30.1 Å². The van der Waals surface area contributed by atoms with Crippen LogP contribution in [0.15, 0.2) is 24.5 Å². The Morgan fingerprint density at radius 2 is 2.31 bits per heavy atom. The van der Waals surface area contributed by atoms with E-state index in [0.29, 0.717) is 11.6 Å². The molecule has 4 nitrogen and oxygen atoms in total. The summed E-state index contributed by atoms with van der Waals surface area (Å²) in [7, 11) is 0. The Balaban J connectivity index is 2.24. The molecular formula is C12H12N2O2. The largest absolute Gasteiger partial charge is 0.478 e. The molecule has 0 bridgehead atoms. The Morgan fingerprint density at radius 3 is 2.94 bits per heavy atom. The lowest BCUT2D eigenvalue weighted by atomic mass is 9.93. The molecule has 0 aromatic carbocycles. The molecule has 1 aliphatic rings. The zero-order valence-corrected chi connectivity index (χ0v) is 8.76. The Labute approximate surface area is 92.5 Å². The van der Waals surface area contributed by atoms with Gasteiger partial charge in [0.2, 0.25) is 0 Å². The molecule has 0 saturated heterocycles. The van der Waals surface area contributed by atoms with Gasteiger partial charge in [0.1, 0.15) is 5.65 Å². The summed E-state index contributed by atoms with van der Waals surface area (Å²) < 4.78 is 2.02. The van der Waals surface area contributed by atoms with Crippen molar-refractivity contribution in [1.29, 1.82) is 0 Å². The average molecular weight is 216 g/mol. The smallest absolute Gasteiger partial charge is 0.337 e. The summed E-state index contributed by atoms with van der Waals surface area (Å²) in [5, 5.41) is 9.87. The minimum Gasteiger partial charge on any atom is -0.478 e. The second-order valence-electron chi connectivity index (χ2n) is 4.21. The predicted molar refractivity (Wildman–Crippen MR) is 59.6 cm³/mol. The van der Waals surface area contributed by atoms with Gasteiger partial charge in [-0.2, -0.15) is 0 Å². The number of nitrogens with zero attached hydrogens (tertiary/aromatic N) is 2. The van der Waals surface area contributed by atoms with E-state index in [1.807, 2.05) is 10.6 Å². The van der Waals surface area contributed by atoms with E-state index in [1.54, 1.807) is 18.5 Å². The maximum Gasteiger partial charge on any atom is 0.337 e. The molecule has 0 radical (unpaired) electrons. The van der Waals surface area contributed by atoms with E-state index < -0.39 is 5.97 Å². The van der Waals surface area contributed by atoms with Crippen LogP contribution < -0.4 is 0 Å². The fourth-order valence-corrected chi connectivity index (χ4v) is 2.20. The van der Waals surface area contributed by atoms with Crippen LogP contribution in [0.3, 0.4) is 0 Å². The summed E-state index contributed by atoms with van der Waals surface area (Å²) in [4.78, 5) is 15.4. The lowest BCUT2D eigenvalue weighted by molar-refractivity contribution is 0.0698. The highest BCUT2D eigenvalue weighted by molar-refractivity contribution is 6.02. The number of hydrogen-bond acceptors (Lipinski definition) is 2. The lowest BCUT2D eigenvalue weighted by Crippen LogP contribution is -2.16. The number of rotatable bonds is 2. The molecule has 82 valence electrons. The zero-order valence-electron chi connectivity index (χ0n) is 8.76. The monoisotopic (exact) mass is 216 g/mol. The van der Waals surface area contributed by atoms with E-state index in [-0.39, 0.29) is 0 Å². The topological polar surface area (TPSA) is 55.1 Å². The minimum absolute atomic E-state index is 0.356. The van der Waals surface area contributed by atoms with Gasteiger partial charge >= 0.3 is 5.97 Å². The number of carboxylic acids is 1. The summed E-state index contributed by atoms with van der Waals surface area (Å²) >= 11 is 0. The van der Waals surface area contributed by atoms with Crippen LogP contribution in [-0.2, 0) is 0 Å². The second kappa shape index (κ2) is 3.33. The first-order chi connectivity index (χ1) is 7.77. The molecule has 2 aromatic heterocycles. The number of carbonyl (C=O) groups is 1. The highest BCUT2D eigenvalue weighted by Crippen LogP contribution is 2.35. The first-order valence-corrected chi connectivity index (χ1v) is 5.46. The first-order valence-electron chi connectivity index (χ1n) is 5.46. The van der Waals surface area contributed by atoms with Gasteiger partial charge in [-0.1, -0.05) is 0 Å². The van der Waals surface area contributed by atoms with Gasteiger partial charge in [0, 0.05) is 23.8 Å². The number of fused-ring (bicyclic) bond motifs is 1. The molecule has 1 fully saturated rings. The molecule has 0 unspecified atom stereocenters. The molecule has 1 N–H and O–H groups in total. The molecule has 0 aliphatic heterocycles. The van der Waals surface area contributed by atoms with Crippen molar-refractivity contribution in [3.63, 3.8) is 0 Å². The summed E-state index contributed by atoms with van der Waals surface area (Å²) in [6.45, 7) is 0. The zero-order chi connectivity index (χ0) is 11.1. The third-order valence-corrected chi connectivity index (χ3v) is 3.29. The summed E-state index contributed by atoms with van der Waals surface area (Å²) in [6.07, 6.45) is 6.91. The van der Waals surface area contributed by atoms with Crippen molar-refractivity contribution >= 4 is 17.0 Å². The van der Waals surface area contributed by atoms with Crippen molar-refractivity contribution in [2.24, 2.45) is 0 Å². The highest BCUT2D eigenvalue weighted by Gasteiger charge is 2.24. The number of hydrogen-bond donors (Lipinski definition) is 1. The number of aromatic carboxylic acids is 1. The molecule has 1 aliphatic carbocycles. The van der Waals surface area contributed by atoms with Crippen LogP contribution in [0.1, 0.15) is 35.7 Å². The minimum atomic E-state index is -0.879. The van der Waals surface area contributed by atoms with Gasteiger partial charge in [0.15, 0.2) is 0 Å². The fourth-order valence-electron chi connectivity index (χ4n) is 2.20. The molecule has 0 atom stereocenters. The normalized spacial score (nSPS) is 16.2. The number of pyridine rings is 1. The fraction of sp³-hybridized carbons (Fsp3) is 0.333. The van der Waals surface area contributed by atoms with Crippen molar-refractivity contribution in [2.75, 3.05) is 0 Å². The molecule has 0 spiro atoms. The van der Waals surface area contributed by atoms with Gasteiger partial charge in [-0.05, 0) is 31.4 Å². The number of carboxylic acid groups (broad SMARTS) is 1. The summed E-state index contributed by atoms with van der Waals surface area (Å²) in [5.41, 5.74) is 1.15. The summed E-state index contributed by atoms with van der Waals surface area (Å²) in [5.74, 6) is -0.879. The van der Waals surface area contributed by atoms with Crippen molar-refractivity contribution in [2.45, 2.75) is 25.3 Å². The molecule has 2 heterocycles. The van der Waals surface area contributed by atoms with Crippen molar-refractivity contribution in [1.82, 2.24) is 9.55 Å². The van der Waals surface area contributed by atoms with Gasteiger partial charge in [-0.15, -0.1) is 0 Å². The lowest BCUT2D eigenvalue weighted by Gasteiger charge is -2.27. The number of aromatic nitrogens is 2. The molecular weight excluding hydrogens is 204 g/mol. The van der Waals surface area contributed by atoms with Crippen LogP contribution in [-0.4, -0.2) is 20.6 Å². The Kier molecular flexibility index (Phi) is 1.96. The quantitative estimate of drug-likeness (QED) is 0.838. The first kappa shape index (κ1) is 9.39. The maximum absolute atomic E-state index is 11.1. The van der Waals surface area contributed by atoms with Crippen LogP contribution >= 0.6 is 0 Å². The molecule has 0 amide bonds. The molecule has 16 heavy (non-hydrogen) atoms. The third-order valence-electron chi connectivity index (χ3n) is 3.29. The van der Waals surface area contributed by atoms with Gasteiger partial charge in [-0.3, -0.25) is 0 Å². The van der Waals surface area contributed by atoms with Gasteiger partial charge in [-0.25, -0.2) is 9.78 Å². The summed E-state index contributed by atoms with van der Waals surface area (Å²) in [6, 6.07) is 4.03. The molecule has 1 saturated carbocycles. The van der Waals surface area contributed by atoms with Crippen LogP contribution in [0, 0.1) is 0 Å². The van der Waals surface area contributed by atoms with E-state index in [9.17, 15) is 4.79 Å². The molecule has 2 aromatic rings. The standard InChI is InChI=1S/C12H12N2O2/c15-12(16)10-7-14(8-3-1-4-8)11-9(10)5-2-6-13-11/h2,5-8H,1,3-4H2,(H,15,16). The molecule has 3 rings (SSSR count). The van der Waals surface area contributed by atoms with E-state index in [4.69, 9.17) is 5.11 Å². The van der Waals surface area contributed by atoms with Crippen LogP contribution in [0.2, 0.25) is 0 Å². The van der Waals surface area contributed by atoms with Gasteiger partial charge in [0.05, 0.1) is 5.56 Å². The predicted octanol–water partition coefficient (Wildman–Crippen LogP) is 2.46. The Bertz CT molecular complexity index is 555. The average Bonchev–Trinajstić information content (AvgIpc) is 2.56. The third kappa shape index (κ3) is 1.23. The van der Waals surface area contributed by atoms with Gasteiger partial charge in [0.25, 0.3) is 0 Å². The van der Waals surface area contributed by atoms with Crippen molar-refractivity contribution in [3.8, 4) is 0 Å². The van der Waals surface area contributed by atoms with E-state index in [2.05, 4.69) is 4.98 Å². The SMILES string of the molecule is O=C(O)c1cn(C2CCC2)c2ncccc12. The maximum atomic E-state index is 11.1.